The third-order valence-electron chi connectivity index (χ3n) is 1.22. The van der Waals surface area contributed by atoms with Crippen LogP contribution in [0.15, 0.2) is 21.2 Å². The summed E-state index contributed by atoms with van der Waals surface area (Å²) in [6, 6.07) is 3.45. The monoisotopic (exact) mass is 308 g/mol. The van der Waals surface area contributed by atoms with Crippen molar-refractivity contribution in [1.29, 1.82) is 0 Å². The molecule has 0 atom stereocenters. The fourth-order valence-electron chi connectivity index (χ4n) is 0.719. The summed E-state index contributed by atoms with van der Waals surface area (Å²) in [5.74, 6) is -0.393. The highest BCUT2D eigenvalue weighted by molar-refractivity contribution is 9.11. The van der Waals surface area contributed by atoms with E-state index in [-0.39, 0.29) is 5.69 Å². The van der Waals surface area contributed by atoms with E-state index in [4.69, 9.17) is 0 Å². The number of hydrogen-bond donors (Lipinski definition) is 1. The van der Waals surface area contributed by atoms with E-state index < -0.39 is 5.91 Å². The maximum absolute atomic E-state index is 11.3. The zero-order chi connectivity index (χ0) is 9.84. The van der Waals surface area contributed by atoms with E-state index >= 15 is 0 Å². The van der Waals surface area contributed by atoms with E-state index in [2.05, 4.69) is 47.2 Å². The highest BCUT2D eigenvalue weighted by Crippen LogP contribution is 2.17. The molecular weight excluding hydrogens is 304 g/mol. The van der Waals surface area contributed by atoms with Crippen molar-refractivity contribution in [3.05, 3.63) is 26.9 Å². The van der Waals surface area contributed by atoms with Crippen molar-refractivity contribution in [2.75, 3.05) is 7.11 Å². The number of hydrogen-bond acceptors (Lipinski definition) is 3. The third-order valence-corrected chi connectivity index (χ3v) is 2.30. The minimum absolute atomic E-state index is 0.274. The van der Waals surface area contributed by atoms with Crippen LogP contribution in [-0.4, -0.2) is 18.0 Å². The second kappa shape index (κ2) is 4.69. The first kappa shape index (κ1) is 10.6. The van der Waals surface area contributed by atoms with Gasteiger partial charge in [-0.2, -0.15) is 0 Å². The maximum atomic E-state index is 11.3. The van der Waals surface area contributed by atoms with Crippen molar-refractivity contribution in [2.45, 2.75) is 0 Å². The Morgan fingerprint density at radius 2 is 2.23 bits per heavy atom. The number of pyridine rings is 1. The molecule has 0 aliphatic heterocycles. The smallest absolute Gasteiger partial charge is 0.277 e. The van der Waals surface area contributed by atoms with Crippen LogP contribution in [0.25, 0.3) is 0 Å². The zero-order valence-corrected chi connectivity index (χ0v) is 9.85. The Morgan fingerprint density at radius 3 is 2.85 bits per heavy atom. The van der Waals surface area contributed by atoms with Gasteiger partial charge in [0.05, 0.1) is 7.11 Å². The summed E-state index contributed by atoms with van der Waals surface area (Å²) in [6.07, 6.45) is 0. The summed E-state index contributed by atoms with van der Waals surface area (Å²) in [4.78, 5) is 19.7. The molecule has 0 aliphatic rings. The molecule has 13 heavy (non-hydrogen) atoms. The number of amides is 1. The van der Waals surface area contributed by atoms with E-state index in [1.165, 1.54) is 7.11 Å². The summed E-state index contributed by atoms with van der Waals surface area (Å²) in [5.41, 5.74) is 2.45. The number of aromatic nitrogens is 1. The Morgan fingerprint density at radius 1 is 1.54 bits per heavy atom. The van der Waals surface area contributed by atoms with Gasteiger partial charge in [0.25, 0.3) is 5.91 Å². The molecule has 0 unspecified atom stereocenters. The summed E-state index contributed by atoms with van der Waals surface area (Å²) in [7, 11) is 1.36. The van der Waals surface area contributed by atoms with Gasteiger partial charge in [0, 0.05) is 4.47 Å². The van der Waals surface area contributed by atoms with Crippen molar-refractivity contribution >= 4 is 37.8 Å². The first-order valence-electron chi connectivity index (χ1n) is 3.30. The molecular formula is C7H6Br2N2O2. The lowest BCUT2D eigenvalue weighted by atomic mass is 10.3. The molecule has 1 aromatic rings. The van der Waals surface area contributed by atoms with Crippen molar-refractivity contribution in [3.8, 4) is 0 Å². The molecule has 1 amide bonds. The second-order valence-corrected chi connectivity index (χ2v) is 3.77. The van der Waals surface area contributed by atoms with Crippen LogP contribution >= 0.6 is 31.9 Å². The quantitative estimate of drug-likeness (QED) is 0.670. The van der Waals surface area contributed by atoms with Gasteiger partial charge in [0.15, 0.2) is 0 Å². The average molecular weight is 310 g/mol. The first-order valence-corrected chi connectivity index (χ1v) is 4.89. The molecule has 0 aliphatic carbocycles. The van der Waals surface area contributed by atoms with Crippen LogP contribution in [-0.2, 0) is 4.84 Å². The molecule has 0 spiro atoms. The Labute approximate surface area is 91.9 Å². The molecule has 1 heterocycles. The first-order chi connectivity index (χ1) is 6.15. The molecule has 1 aromatic heterocycles. The predicted molar refractivity (Wildman–Crippen MR) is 54.1 cm³/mol. The summed E-state index contributed by atoms with van der Waals surface area (Å²) in [5, 5.41) is 0. The lowest BCUT2D eigenvalue weighted by molar-refractivity contribution is 0.0531. The van der Waals surface area contributed by atoms with Gasteiger partial charge in [-0.1, -0.05) is 0 Å². The topological polar surface area (TPSA) is 51.2 Å². The number of hydroxylamine groups is 1. The fraction of sp³-hybridized carbons (Fsp3) is 0.143. The van der Waals surface area contributed by atoms with Crippen LogP contribution in [0, 0.1) is 0 Å². The van der Waals surface area contributed by atoms with Gasteiger partial charge in [-0.05, 0) is 44.0 Å². The molecule has 0 fully saturated rings. The SMILES string of the molecule is CONC(=O)c1nc(Br)ccc1Br. The van der Waals surface area contributed by atoms with Gasteiger partial charge in [-0.15, -0.1) is 0 Å². The van der Waals surface area contributed by atoms with Gasteiger partial charge < -0.3 is 0 Å². The summed E-state index contributed by atoms with van der Waals surface area (Å²) in [6.45, 7) is 0. The summed E-state index contributed by atoms with van der Waals surface area (Å²) < 4.78 is 1.21. The van der Waals surface area contributed by atoms with E-state index in [0.29, 0.717) is 9.08 Å². The number of halogens is 2. The van der Waals surface area contributed by atoms with Gasteiger partial charge in [-0.3, -0.25) is 9.63 Å². The van der Waals surface area contributed by atoms with Crippen molar-refractivity contribution in [1.82, 2.24) is 10.5 Å². The van der Waals surface area contributed by atoms with Crippen molar-refractivity contribution in [3.63, 3.8) is 0 Å². The highest BCUT2D eigenvalue weighted by Gasteiger charge is 2.11. The zero-order valence-electron chi connectivity index (χ0n) is 6.67. The second-order valence-electron chi connectivity index (χ2n) is 2.10. The van der Waals surface area contributed by atoms with Crippen LogP contribution in [0.4, 0.5) is 0 Å². The lowest BCUT2D eigenvalue weighted by Crippen LogP contribution is -2.23. The van der Waals surface area contributed by atoms with Crippen LogP contribution < -0.4 is 5.48 Å². The Kier molecular flexibility index (Phi) is 3.83. The number of nitrogens with one attached hydrogen (secondary N) is 1. The van der Waals surface area contributed by atoms with Crippen molar-refractivity contribution < 1.29 is 9.63 Å². The Hall–Kier alpha value is -0.460. The van der Waals surface area contributed by atoms with Crippen LogP contribution in [0.3, 0.4) is 0 Å². The van der Waals surface area contributed by atoms with E-state index in [1.807, 2.05) is 0 Å². The molecule has 0 aromatic carbocycles. The third kappa shape index (κ3) is 2.75. The minimum Gasteiger partial charge on any atom is -0.277 e. The average Bonchev–Trinajstić information content (AvgIpc) is 2.09. The minimum atomic E-state index is -0.393. The van der Waals surface area contributed by atoms with Crippen LogP contribution in [0.5, 0.6) is 0 Å². The molecule has 4 nitrogen and oxygen atoms in total. The van der Waals surface area contributed by atoms with E-state index in [9.17, 15) is 4.79 Å². The standard InChI is InChI=1S/C7H6Br2N2O2/c1-13-11-7(12)6-4(8)2-3-5(9)10-6/h2-3H,1H3,(H,11,12). The fourth-order valence-corrected chi connectivity index (χ4v) is 1.43. The predicted octanol–water partition coefficient (Wildman–Crippen LogP) is 1.90. The number of nitrogens with zero attached hydrogens (tertiary/aromatic N) is 1. The largest absolute Gasteiger partial charge is 0.294 e. The maximum Gasteiger partial charge on any atom is 0.294 e. The molecule has 0 saturated carbocycles. The van der Waals surface area contributed by atoms with Crippen LogP contribution in [0.1, 0.15) is 10.5 Å². The lowest BCUT2D eigenvalue weighted by Gasteiger charge is -2.03. The molecule has 1 N–H and O–H groups in total. The Bertz CT molecular complexity index is 330. The van der Waals surface area contributed by atoms with Gasteiger partial charge in [0.1, 0.15) is 10.3 Å². The normalized spacial score (nSPS) is 9.77. The molecule has 70 valence electrons. The molecule has 0 saturated heterocycles. The van der Waals surface area contributed by atoms with Crippen LogP contribution in [0.2, 0.25) is 0 Å². The van der Waals surface area contributed by atoms with E-state index in [1.54, 1.807) is 12.1 Å². The van der Waals surface area contributed by atoms with Crippen molar-refractivity contribution in [2.24, 2.45) is 0 Å². The van der Waals surface area contributed by atoms with E-state index in [0.717, 1.165) is 0 Å². The number of carbonyl (C=O) groups excluding carboxylic acids is 1. The number of rotatable bonds is 2. The number of carbonyl (C=O) groups is 1. The molecule has 1 rings (SSSR count). The highest BCUT2D eigenvalue weighted by atomic mass is 79.9. The Balaban J connectivity index is 2.99. The van der Waals surface area contributed by atoms with Gasteiger partial charge >= 0.3 is 0 Å². The molecule has 0 bridgehead atoms. The van der Waals surface area contributed by atoms with Gasteiger partial charge in [-0.25, -0.2) is 10.5 Å². The summed E-state index contributed by atoms with van der Waals surface area (Å²) >= 11 is 6.36. The molecule has 0 radical (unpaired) electrons. The molecule has 6 heteroatoms. The van der Waals surface area contributed by atoms with Gasteiger partial charge in [0.2, 0.25) is 0 Å².